The molecule has 25 heavy (non-hydrogen) atoms. The molecule has 3 rings (SSSR count). The zero-order chi connectivity index (χ0) is 17.8. The molecule has 0 bridgehead atoms. The van der Waals surface area contributed by atoms with Crippen molar-refractivity contribution in [1.82, 2.24) is 14.9 Å². The van der Waals surface area contributed by atoms with Crippen LogP contribution in [0, 0.1) is 0 Å². The minimum Gasteiger partial charge on any atom is -0.462 e. The molecule has 8 nitrogen and oxygen atoms in total. The normalized spacial score (nSPS) is 14.6. The maximum absolute atomic E-state index is 12.2. The largest absolute Gasteiger partial charge is 0.462 e. The van der Waals surface area contributed by atoms with E-state index in [-0.39, 0.29) is 12.1 Å². The lowest BCUT2D eigenvalue weighted by atomic mass is 10.2. The van der Waals surface area contributed by atoms with Crippen molar-refractivity contribution in [2.75, 3.05) is 44.3 Å². The molecule has 0 atom stereocenters. The number of rotatable bonds is 4. The standard InChI is InChI=1S/C16H20N4O4S/c1-3-23-15(21)11-9-25-14-12(11)13(17-10-18-14)19-5-7-20(8-6-19)16(22)24-4-2/h9-10H,3-8H2,1-2H3. The lowest BCUT2D eigenvalue weighted by Gasteiger charge is -2.35. The molecule has 1 aliphatic rings. The highest BCUT2D eigenvalue weighted by Gasteiger charge is 2.26. The number of piperazine rings is 1. The molecule has 0 N–H and O–H groups in total. The van der Waals surface area contributed by atoms with Gasteiger partial charge < -0.3 is 19.3 Å². The Labute approximate surface area is 149 Å². The minimum atomic E-state index is -0.366. The number of esters is 1. The first kappa shape index (κ1) is 17.4. The maximum Gasteiger partial charge on any atom is 0.409 e. The van der Waals surface area contributed by atoms with E-state index >= 15 is 0 Å². The number of amides is 1. The lowest BCUT2D eigenvalue weighted by molar-refractivity contribution is 0.0529. The van der Waals surface area contributed by atoms with E-state index in [1.165, 1.54) is 17.7 Å². The van der Waals surface area contributed by atoms with Crippen LogP contribution in [0.15, 0.2) is 11.7 Å². The van der Waals surface area contributed by atoms with E-state index in [0.717, 1.165) is 10.2 Å². The van der Waals surface area contributed by atoms with Gasteiger partial charge in [0, 0.05) is 31.6 Å². The highest BCUT2D eigenvalue weighted by atomic mass is 32.1. The van der Waals surface area contributed by atoms with Crippen LogP contribution in [0.4, 0.5) is 10.6 Å². The maximum atomic E-state index is 12.2. The number of aromatic nitrogens is 2. The van der Waals surface area contributed by atoms with Crippen molar-refractivity contribution in [3.63, 3.8) is 0 Å². The molecule has 2 aromatic rings. The quantitative estimate of drug-likeness (QED) is 0.769. The second kappa shape index (κ2) is 7.64. The average molecular weight is 364 g/mol. The highest BCUT2D eigenvalue weighted by molar-refractivity contribution is 7.17. The molecular weight excluding hydrogens is 344 g/mol. The third-order valence-corrected chi connectivity index (χ3v) is 4.84. The average Bonchev–Trinajstić information content (AvgIpc) is 3.06. The zero-order valence-electron chi connectivity index (χ0n) is 14.2. The van der Waals surface area contributed by atoms with Gasteiger partial charge in [-0.2, -0.15) is 0 Å². The highest BCUT2D eigenvalue weighted by Crippen LogP contribution is 2.32. The van der Waals surface area contributed by atoms with Crippen molar-refractivity contribution in [3.8, 4) is 0 Å². The molecule has 1 saturated heterocycles. The van der Waals surface area contributed by atoms with Crippen LogP contribution in [0.2, 0.25) is 0 Å². The number of fused-ring (bicyclic) bond motifs is 1. The summed E-state index contributed by atoms with van der Waals surface area (Å²) < 4.78 is 10.2. The smallest absolute Gasteiger partial charge is 0.409 e. The van der Waals surface area contributed by atoms with Crippen LogP contribution in [0.5, 0.6) is 0 Å². The summed E-state index contributed by atoms with van der Waals surface area (Å²) in [6, 6.07) is 0. The predicted octanol–water partition coefficient (Wildman–Crippen LogP) is 2.15. The topological polar surface area (TPSA) is 84.9 Å². The van der Waals surface area contributed by atoms with Crippen molar-refractivity contribution < 1.29 is 19.1 Å². The van der Waals surface area contributed by atoms with Crippen molar-refractivity contribution in [3.05, 3.63) is 17.3 Å². The van der Waals surface area contributed by atoms with Gasteiger partial charge in [0.1, 0.15) is 17.0 Å². The number of nitrogens with zero attached hydrogens (tertiary/aromatic N) is 4. The van der Waals surface area contributed by atoms with Gasteiger partial charge in [0.05, 0.1) is 24.2 Å². The van der Waals surface area contributed by atoms with Crippen molar-refractivity contribution in [1.29, 1.82) is 0 Å². The molecule has 3 heterocycles. The number of ether oxygens (including phenoxy) is 2. The minimum absolute atomic E-state index is 0.294. The molecule has 9 heteroatoms. The molecule has 2 aromatic heterocycles. The van der Waals surface area contributed by atoms with Gasteiger partial charge in [-0.15, -0.1) is 11.3 Å². The van der Waals surface area contributed by atoms with Crippen molar-refractivity contribution in [2.24, 2.45) is 0 Å². The Morgan fingerprint density at radius 2 is 1.84 bits per heavy atom. The fourth-order valence-electron chi connectivity index (χ4n) is 2.77. The first-order valence-electron chi connectivity index (χ1n) is 8.21. The van der Waals surface area contributed by atoms with Gasteiger partial charge >= 0.3 is 12.1 Å². The van der Waals surface area contributed by atoms with E-state index in [1.807, 2.05) is 0 Å². The van der Waals surface area contributed by atoms with E-state index in [0.29, 0.717) is 50.8 Å². The fraction of sp³-hybridized carbons (Fsp3) is 0.500. The summed E-state index contributed by atoms with van der Waals surface area (Å²) in [6.45, 7) is 6.57. The van der Waals surface area contributed by atoms with Gasteiger partial charge in [0.2, 0.25) is 0 Å². The van der Waals surface area contributed by atoms with Crippen LogP contribution in [0.1, 0.15) is 24.2 Å². The molecule has 0 spiro atoms. The summed E-state index contributed by atoms with van der Waals surface area (Å²) in [4.78, 5) is 37.2. The molecule has 0 radical (unpaired) electrons. The Bertz CT molecular complexity index is 771. The molecular formula is C16H20N4O4S. The van der Waals surface area contributed by atoms with Crippen molar-refractivity contribution >= 4 is 39.4 Å². The first-order valence-corrected chi connectivity index (χ1v) is 9.09. The second-order valence-corrected chi connectivity index (χ2v) is 6.28. The lowest BCUT2D eigenvalue weighted by Crippen LogP contribution is -2.49. The Morgan fingerprint density at radius 3 is 2.52 bits per heavy atom. The van der Waals surface area contributed by atoms with E-state index in [1.54, 1.807) is 24.1 Å². The number of anilines is 1. The Kier molecular flexibility index (Phi) is 5.32. The number of thiophene rings is 1. The van der Waals surface area contributed by atoms with Gasteiger partial charge in [0.15, 0.2) is 0 Å². The number of hydrogen-bond donors (Lipinski definition) is 0. The van der Waals surface area contributed by atoms with Crippen LogP contribution in [-0.4, -0.2) is 66.3 Å². The zero-order valence-corrected chi connectivity index (χ0v) is 15.0. The molecule has 1 amide bonds. The van der Waals surface area contributed by atoms with E-state index < -0.39 is 0 Å². The Morgan fingerprint density at radius 1 is 1.12 bits per heavy atom. The fourth-order valence-corrected chi connectivity index (χ4v) is 3.64. The summed E-state index contributed by atoms with van der Waals surface area (Å²) in [7, 11) is 0. The van der Waals surface area contributed by atoms with Gasteiger partial charge in [-0.05, 0) is 13.8 Å². The summed E-state index contributed by atoms with van der Waals surface area (Å²) in [5, 5.41) is 2.48. The molecule has 0 unspecified atom stereocenters. The Hall–Kier alpha value is -2.42. The summed E-state index contributed by atoms with van der Waals surface area (Å²) in [5.74, 6) is 0.341. The molecule has 134 valence electrons. The van der Waals surface area contributed by atoms with Gasteiger partial charge in [-0.25, -0.2) is 19.6 Å². The third-order valence-electron chi connectivity index (χ3n) is 3.95. The van der Waals surface area contributed by atoms with Crippen molar-refractivity contribution in [2.45, 2.75) is 13.8 Å². The van der Waals surface area contributed by atoms with Crippen LogP contribution >= 0.6 is 11.3 Å². The third kappa shape index (κ3) is 3.51. The monoisotopic (exact) mass is 364 g/mol. The molecule has 1 aliphatic heterocycles. The van der Waals surface area contributed by atoms with E-state index in [4.69, 9.17) is 9.47 Å². The van der Waals surface area contributed by atoms with Gasteiger partial charge in [-0.3, -0.25) is 0 Å². The molecule has 0 aliphatic carbocycles. The number of carbonyl (C=O) groups excluding carboxylic acids is 2. The van der Waals surface area contributed by atoms with Crippen LogP contribution < -0.4 is 4.90 Å². The molecule has 0 saturated carbocycles. The van der Waals surface area contributed by atoms with E-state index in [9.17, 15) is 9.59 Å². The van der Waals surface area contributed by atoms with Gasteiger partial charge in [-0.1, -0.05) is 0 Å². The predicted molar refractivity (Wildman–Crippen MR) is 94.2 cm³/mol. The van der Waals surface area contributed by atoms with Crippen LogP contribution in [-0.2, 0) is 9.47 Å². The van der Waals surface area contributed by atoms with Gasteiger partial charge in [0.25, 0.3) is 0 Å². The number of carbonyl (C=O) groups is 2. The van der Waals surface area contributed by atoms with Crippen LogP contribution in [0.25, 0.3) is 10.2 Å². The SMILES string of the molecule is CCOC(=O)c1csc2ncnc(N3CCN(C(=O)OCC)CC3)c12. The summed E-state index contributed by atoms with van der Waals surface area (Å²) in [5.41, 5.74) is 0.491. The summed E-state index contributed by atoms with van der Waals surface area (Å²) >= 11 is 1.40. The summed E-state index contributed by atoms with van der Waals surface area (Å²) in [6.07, 6.45) is 1.21. The Balaban J connectivity index is 1.83. The number of hydrogen-bond acceptors (Lipinski definition) is 8. The van der Waals surface area contributed by atoms with E-state index in [2.05, 4.69) is 14.9 Å². The molecule has 1 fully saturated rings. The molecule has 0 aromatic carbocycles. The second-order valence-electron chi connectivity index (χ2n) is 5.42. The first-order chi connectivity index (χ1) is 12.2. The van der Waals surface area contributed by atoms with Crippen LogP contribution in [0.3, 0.4) is 0 Å².